The monoisotopic (exact) mass is 293 g/mol. The van der Waals surface area contributed by atoms with Crippen molar-refractivity contribution in [1.82, 2.24) is 14.7 Å². The van der Waals surface area contributed by atoms with Crippen LogP contribution in [0.1, 0.15) is 44.9 Å². The average molecular weight is 293 g/mol. The van der Waals surface area contributed by atoms with Gasteiger partial charge >= 0.3 is 5.97 Å². The topological polar surface area (TPSA) is 64.4 Å². The number of rotatable bonds is 3. The molecular weight excluding hydrogens is 270 g/mol. The van der Waals surface area contributed by atoms with Crippen molar-refractivity contribution in [2.45, 2.75) is 52.1 Å². The van der Waals surface area contributed by atoms with Crippen LogP contribution in [0.25, 0.3) is 0 Å². The summed E-state index contributed by atoms with van der Waals surface area (Å²) in [5.41, 5.74) is 2.26. The van der Waals surface area contributed by atoms with Gasteiger partial charge in [-0.1, -0.05) is 0 Å². The molecule has 2 rings (SSSR count). The van der Waals surface area contributed by atoms with Crippen LogP contribution in [0.15, 0.2) is 6.20 Å². The predicted octanol–water partition coefficient (Wildman–Crippen LogP) is 1.48. The minimum Gasteiger partial charge on any atom is -0.469 e. The molecule has 1 aromatic heterocycles. The molecule has 6 nitrogen and oxygen atoms in total. The summed E-state index contributed by atoms with van der Waals surface area (Å²) in [6, 6.07) is 0. The number of carbonyl (C=O) groups is 2. The van der Waals surface area contributed by atoms with Crippen LogP contribution in [-0.4, -0.2) is 40.2 Å². The van der Waals surface area contributed by atoms with Gasteiger partial charge in [0.1, 0.15) is 0 Å². The normalized spacial score (nSPS) is 14.8. The number of esters is 1. The van der Waals surface area contributed by atoms with Gasteiger partial charge in [-0.3, -0.25) is 14.3 Å². The van der Waals surface area contributed by atoms with Gasteiger partial charge in [0.05, 0.1) is 25.3 Å². The smallest absolute Gasteiger partial charge is 0.306 e. The van der Waals surface area contributed by atoms with E-state index in [1.54, 1.807) is 4.90 Å². The molecule has 0 saturated heterocycles. The van der Waals surface area contributed by atoms with Crippen LogP contribution < -0.4 is 0 Å². The molecule has 0 fully saturated rings. The molecule has 1 aliphatic rings. The van der Waals surface area contributed by atoms with Crippen LogP contribution in [0.3, 0.4) is 0 Å². The third-order valence-corrected chi connectivity index (χ3v) is 3.69. The summed E-state index contributed by atoms with van der Waals surface area (Å²) in [6.07, 6.45) is 2.99. The van der Waals surface area contributed by atoms with E-state index in [0.717, 1.165) is 12.0 Å². The SMILES string of the molecule is COC(=O)CCC(=O)N1CCc2c(cnn2C(C)(C)C)C1. The molecule has 0 unspecified atom stereocenters. The van der Waals surface area contributed by atoms with Gasteiger partial charge in [0.2, 0.25) is 5.91 Å². The quantitative estimate of drug-likeness (QED) is 0.792. The number of amides is 1. The lowest BCUT2D eigenvalue weighted by molar-refractivity contribution is -0.143. The van der Waals surface area contributed by atoms with Gasteiger partial charge in [0.25, 0.3) is 0 Å². The highest BCUT2D eigenvalue weighted by Crippen LogP contribution is 2.24. The second kappa shape index (κ2) is 5.87. The van der Waals surface area contributed by atoms with E-state index in [0.29, 0.717) is 13.1 Å². The van der Waals surface area contributed by atoms with Gasteiger partial charge in [-0.15, -0.1) is 0 Å². The lowest BCUT2D eigenvalue weighted by Gasteiger charge is -2.30. The second-order valence-electron chi connectivity index (χ2n) is 6.34. The summed E-state index contributed by atoms with van der Waals surface area (Å²) < 4.78 is 6.60. The van der Waals surface area contributed by atoms with Crippen molar-refractivity contribution in [1.29, 1.82) is 0 Å². The maximum atomic E-state index is 12.1. The van der Waals surface area contributed by atoms with Crippen LogP contribution in [0.2, 0.25) is 0 Å². The summed E-state index contributed by atoms with van der Waals surface area (Å²) in [5.74, 6) is -0.351. The standard InChI is InChI=1S/C15H23N3O3/c1-15(2,3)18-12-7-8-17(10-11(12)9-16-18)13(19)5-6-14(20)21-4/h9H,5-8,10H2,1-4H3. The zero-order valence-corrected chi connectivity index (χ0v) is 13.2. The summed E-state index contributed by atoms with van der Waals surface area (Å²) in [5, 5.41) is 4.45. The van der Waals surface area contributed by atoms with Crippen molar-refractivity contribution in [3.63, 3.8) is 0 Å². The molecule has 0 aliphatic carbocycles. The van der Waals surface area contributed by atoms with Crippen LogP contribution in [0, 0.1) is 0 Å². The molecule has 6 heteroatoms. The Bertz CT molecular complexity index is 543. The van der Waals surface area contributed by atoms with Gasteiger partial charge in [-0.25, -0.2) is 0 Å². The number of methoxy groups -OCH3 is 1. The fourth-order valence-corrected chi connectivity index (χ4v) is 2.59. The second-order valence-corrected chi connectivity index (χ2v) is 6.34. The molecule has 0 radical (unpaired) electrons. The molecule has 1 amide bonds. The maximum Gasteiger partial charge on any atom is 0.306 e. The minimum atomic E-state index is -0.346. The average Bonchev–Trinajstić information content (AvgIpc) is 2.87. The van der Waals surface area contributed by atoms with E-state index in [2.05, 4.69) is 30.6 Å². The first-order valence-corrected chi connectivity index (χ1v) is 7.23. The van der Waals surface area contributed by atoms with Crippen LogP contribution in [-0.2, 0) is 32.8 Å². The molecule has 0 aromatic carbocycles. The Morgan fingerprint density at radius 1 is 1.33 bits per heavy atom. The Morgan fingerprint density at radius 2 is 2.05 bits per heavy atom. The molecule has 21 heavy (non-hydrogen) atoms. The molecule has 0 atom stereocenters. The first kappa shape index (κ1) is 15.5. The van der Waals surface area contributed by atoms with Crippen molar-refractivity contribution in [2.75, 3.05) is 13.7 Å². The molecule has 1 aliphatic heterocycles. The number of nitrogens with zero attached hydrogens (tertiary/aromatic N) is 3. The number of aromatic nitrogens is 2. The molecular formula is C15H23N3O3. The Balaban J connectivity index is 2.02. The molecule has 0 spiro atoms. The largest absolute Gasteiger partial charge is 0.469 e. The molecule has 0 saturated carbocycles. The minimum absolute atomic E-state index is 0.00504. The summed E-state index contributed by atoms with van der Waals surface area (Å²) in [7, 11) is 1.33. The van der Waals surface area contributed by atoms with E-state index >= 15 is 0 Å². The van der Waals surface area contributed by atoms with Gasteiger partial charge in [0.15, 0.2) is 0 Å². The molecule has 0 N–H and O–H groups in total. The third kappa shape index (κ3) is 3.43. The van der Waals surface area contributed by atoms with E-state index in [9.17, 15) is 9.59 Å². The van der Waals surface area contributed by atoms with Crippen LogP contribution >= 0.6 is 0 Å². The first-order valence-electron chi connectivity index (χ1n) is 7.23. The van der Waals surface area contributed by atoms with Crippen molar-refractivity contribution in [3.8, 4) is 0 Å². The van der Waals surface area contributed by atoms with Crippen molar-refractivity contribution in [2.24, 2.45) is 0 Å². The highest BCUT2D eigenvalue weighted by atomic mass is 16.5. The maximum absolute atomic E-state index is 12.1. The van der Waals surface area contributed by atoms with E-state index in [1.807, 2.05) is 10.9 Å². The number of fused-ring (bicyclic) bond motifs is 1. The van der Waals surface area contributed by atoms with Crippen molar-refractivity contribution >= 4 is 11.9 Å². The third-order valence-electron chi connectivity index (χ3n) is 3.69. The number of ether oxygens (including phenoxy) is 1. The van der Waals surface area contributed by atoms with E-state index in [4.69, 9.17) is 0 Å². The summed E-state index contributed by atoms with van der Waals surface area (Å²) >= 11 is 0. The molecule has 2 heterocycles. The predicted molar refractivity (Wildman–Crippen MR) is 77.6 cm³/mol. The number of hydrogen-bond acceptors (Lipinski definition) is 4. The Labute approximate surface area is 125 Å². The van der Waals surface area contributed by atoms with E-state index in [-0.39, 0.29) is 30.3 Å². The van der Waals surface area contributed by atoms with Gasteiger partial charge in [-0.05, 0) is 20.8 Å². The Hall–Kier alpha value is -1.85. The van der Waals surface area contributed by atoms with E-state index in [1.165, 1.54) is 12.8 Å². The molecule has 0 bridgehead atoms. The van der Waals surface area contributed by atoms with Gasteiger partial charge in [-0.2, -0.15) is 5.10 Å². The zero-order valence-electron chi connectivity index (χ0n) is 13.2. The zero-order chi connectivity index (χ0) is 15.6. The van der Waals surface area contributed by atoms with Gasteiger partial charge in [0, 0.05) is 37.2 Å². The van der Waals surface area contributed by atoms with Crippen LogP contribution in [0.4, 0.5) is 0 Å². The Kier molecular flexibility index (Phi) is 4.34. The van der Waals surface area contributed by atoms with Crippen molar-refractivity contribution < 1.29 is 14.3 Å². The lowest BCUT2D eigenvalue weighted by Crippen LogP contribution is -2.37. The number of hydrogen-bond donors (Lipinski definition) is 0. The highest BCUT2D eigenvalue weighted by molar-refractivity contribution is 5.81. The fraction of sp³-hybridized carbons (Fsp3) is 0.667. The summed E-state index contributed by atoms with van der Waals surface area (Å²) in [4.78, 5) is 25.0. The lowest BCUT2D eigenvalue weighted by atomic mass is 10.0. The fourth-order valence-electron chi connectivity index (χ4n) is 2.59. The molecule has 1 aromatic rings. The number of carbonyl (C=O) groups excluding carboxylic acids is 2. The van der Waals surface area contributed by atoms with Crippen LogP contribution in [0.5, 0.6) is 0 Å². The Morgan fingerprint density at radius 3 is 2.67 bits per heavy atom. The highest BCUT2D eigenvalue weighted by Gasteiger charge is 2.27. The first-order chi connectivity index (χ1) is 9.82. The van der Waals surface area contributed by atoms with E-state index < -0.39 is 0 Å². The van der Waals surface area contributed by atoms with Crippen molar-refractivity contribution in [3.05, 3.63) is 17.5 Å². The molecule has 116 valence electrons. The van der Waals surface area contributed by atoms with Gasteiger partial charge < -0.3 is 9.64 Å². The summed E-state index contributed by atoms with van der Waals surface area (Å²) in [6.45, 7) is 7.61.